The van der Waals surface area contributed by atoms with Gasteiger partial charge >= 0.3 is 12.3 Å². The molecule has 4 aromatic rings. The minimum atomic E-state index is -5.50. The number of rotatable bonds is 6. The molecule has 0 spiro atoms. The van der Waals surface area contributed by atoms with Crippen LogP contribution in [0.4, 0.5) is 48.3 Å². The van der Waals surface area contributed by atoms with E-state index in [0.29, 0.717) is 30.5 Å². The van der Waals surface area contributed by atoms with Gasteiger partial charge in [-0.15, -0.1) is 0 Å². The summed E-state index contributed by atoms with van der Waals surface area (Å²) in [6.45, 7) is 1.82. The first-order valence-corrected chi connectivity index (χ1v) is 11.7. The Bertz CT molecular complexity index is 1580. The fourth-order valence-corrected chi connectivity index (χ4v) is 4.52. The highest BCUT2D eigenvalue weighted by molar-refractivity contribution is 6.33. The zero-order valence-corrected chi connectivity index (χ0v) is 20.7. The summed E-state index contributed by atoms with van der Waals surface area (Å²) in [5, 5.41) is -2.08. The number of aryl methyl sites for hydroxylation is 1. The van der Waals surface area contributed by atoms with Crippen molar-refractivity contribution in [1.29, 1.82) is 0 Å². The summed E-state index contributed by atoms with van der Waals surface area (Å²) in [4.78, 5) is 0. The Morgan fingerprint density at radius 2 is 1.38 bits per heavy atom. The van der Waals surface area contributed by atoms with E-state index < -0.39 is 86.0 Å². The van der Waals surface area contributed by atoms with E-state index in [2.05, 4.69) is 4.74 Å². The van der Waals surface area contributed by atoms with Crippen molar-refractivity contribution in [2.45, 2.75) is 32.1 Å². The maximum Gasteiger partial charge on any atom is 0.429 e. The van der Waals surface area contributed by atoms with Gasteiger partial charge in [0.1, 0.15) is 40.1 Å². The SMILES string of the molecule is CCCc1cc(F)c(-c2cc3ccc(C(F)(F)Oc4cc(F)c(C(F)(F)F)c(F)c4)c(F)c3c(F)c2F)c(Cl)c1. The van der Waals surface area contributed by atoms with Crippen molar-refractivity contribution < 1.29 is 53.0 Å². The Balaban J connectivity index is 1.80. The molecule has 40 heavy (non-hydrogen) atoms. The zero-order valence-electron chi connectivity index (χ0n) is 19.9. The van der Waals surface area contributed by atoms with Crippen molar-refractivity contribution in [1.82, 2.24) is 0 Å². The van der Waals surface area contributed by atoms with E-state index in [1.807, 2.05) is 6.92 Å². The van der Waals surface area contributed by atoms with Crippen LogP contribution in [-0.4, -0.2) is 0 Å². The summed E-state index contributed by atoms with van der Waals surface area (Å²) in [6, 6.07) is 3.86. The summed E-state index contributed by atoms with van der Waals surface area (Å²) in [7, 11) is 0. The third-order valence-electron chi connectivity index (χ3n) is 5.89. The van der Waals surface area contributed by atoms with Gasteiger partial charge in [-0.1, -0.05) is 31.0 Å². The molecule has 0 fully saturated rings. The van der Waals surface area contributed by atoms with Crippen LogP contribution in [0.15, 0.2) is 42.5 Å². The number of alkyl halides is 5. The Hall–Kier alpha value is -3.54. The number of ether oxygens (including phenoxy) is 1. The molecule has 4 rings (SSSR count). The van der Waals surface area contributed by atoms with Gasteiger partial charge in [-0.25, -0.2) is 26.3 Å². The molecule has 0 aromatic heterocycles. The molecule has 4 aromatic carbocycles. The Labute approximate surface area is 223 Å². The fraction of sp³-hybridized carbons (Fsp3) is 0.185. The largest absolute Gasteiger partial charge is 0.429 e. The summed E-state index contributed by atoms with van der Waals surface area (Å²) < 4.78 is 159. The third-order valence-corrected chi connectivity index (χ3v) is 6.19. The van der Waals surface area contributed by atoms with Crippen molar-refractivity contribution in [3.8, 4) is 16.9 Å². The monoisotopic (exact) mass is 598 g/mol. The second kappa shape index (κ2) is 10.5. The van der Waals surface area contributed by atoms with E-state index in [1.54, 1.807) is 0 Å². The third kappa shape index (κ3) is 5.28. The molecule has 0 amide bonds. The van der Waals surface area contributed by atoms with E-state index >= 15 is 13.2 Å². The van der Waals surface area contributed by atoms with Crippen LogP contribution in [0.1, 0.15) is 30.0 Å². The number of fused-ring (bicyclic) bond motifs is 1. The second-order valence-corrected chi connectivity index (χ2v) is 9.05. The number of benzene rings is 4. The average Bonchev–Trinajstić information content (AvgIpc) is 2.80. The molecule has 0 N–H and O–H groups in total. The molecule has 1 nitrogen and oxygen atoms in total. The van der Waals surface area contributed by atoms with Crippen LogP contribution in [0.2, 0.25) is 5.02 Å². The maximum absolute atomic E-state index is 15.2. The van der Waals surface area contributed by atoms with Crippen molar-refractivity contribution in [3.63, 3.8) is 0 Å². The van der Waals surface area contributed by atoms with Crippen LogP contribution in [-0.2, 0) is 18.7 Å². The Kier molecular flexibility index (Phi) is 7.70. The topological polar surface area (TPSA) is 9.23 Å². The molecule has 0 aliphatic rings. The van der Waals surface area contributed by atoms with E-state index in [1.165, 1.54) is 6.07 Å². The molecule has 0 heterocycles. The molecule has 0 bridgehead atoms. The maximum atomic E-state index is 15.2. The molecule has 0 aliphatic carbocycles. The summed E-state index contributed by atoms with van der Waals surface area (Å²) >= 11 is 6.10. The standard InChI is InChI=1S/C27H14ClF11O/c1-2-3-11-6-16(28)21(17(29)7-11)14-8-12-4-5-15(24(33)20(12)25(34)23(14)32)27(38,39)40-13-9-18(30)22(19(31)10-13)26(35,36)37/h4-10H,2-3H2,1H3. The molecule has 13 heteroatoms. The van der Waals surface area contributed by atoms with Crippen molar-refractivity contribution in [2.24, 2.45) is 0 Å². The van der Waals surface area contributed by atoms with E-state index in [0.717, 1.165) is 12.1 Å². The highest BCUT2D eigenvalue weighted by Gasteiger charge is 2.42. The van der Waals surface area contributed by atoms with Crippen LogP contribution in [0, 0.1) is 34.9 Å². The minimum Gasteiger partial charge on any atom is -0.429 e. The zero-order chi connectivity index (χ0) is 29.7. The lowest BCUT2D eigenvalue weighted by Gasteiger charge is -2.21. The lowest BCUT2D eigenvalue weighted by Crippen LogP contribution is -2.24. The molecular formula is C27H14ClF11O. The number of hydrogen-bond donors (Lipinski definition) is 0. The quantitative estimate of drug-likeness (QED) is 0.201. The molecule has 212 valence electrons. The lowest BCUT2D eigenvalue weighted by atomic mass is 9.96. The molecule has 0 radical (unpaired) electrons. The van der Waals surface area contributed by atoms with Gasteiger partial charge in [0.25, 0.3) is 0 Å². The predicted octanol–water partition coefficient (Wildman–Crippen LogP) is 10.1. The molecule has 0 aliphatic heterocycles. The van der Waals surface area contributed by atoms with Crippen molar-refractivity contribution >= 4 is 22.4 Å². The van der Waals surface area contributed by atoms with Crippen LogP contribution in [0.5, 0.6) is 5.75 Å². The first-order valence-electron chi connectivity index (χ1n) is 11.3. The molecule has 0 atom stereocenters. The first-order chi connectivity index (χ1) is 18.6. The summed E-state index contributed by atoms with van der Waals surface area (Å²) in [5.74, 6) is -12.9. The predicted molar refractivity (Wildman–Crippen MR) is 124 cm³/mol. The molecule has 0 saturated carbocycles. The van der Waals surface area contributed by atoms with Crippen LogP contribution in [0.3, 0.4) is 0 Å². The Morgan fingerprint density at radius 1 is 0.750 bits per heavy atom. The van der Waals surface area contributed by atoms with Gasteiger partial charge in [-0.05, 0) is 41.6 Å². The smallest absolute Gasteiger partial charge is 0.429 e. The highest BCUT2D eigenvalue weighted by atomic mass is 35.5. The fourth-order valence-electron chi connectivity index (χ4n) is 4.19. The van der Waals surface area contributed by atoms with Gasteiger partial charge in [-0.3, -0.25) is 0 Å². The van der Waals surface area contributed by atoms with Gasteiger partial charge in [-0.2, -0.15) is 22.0 Å². The second-order valence-electron chi connectivity index (χ2n) is 8.64. The molecular weight excluding hydrogens is 585 g/mol. The first kappa shape index (κ1) is 29.4. The van der Waals surface area contributed by atoms with Crippen molar-refractivity contribution in [3.05, 3.63) is 99.1 Å². The summed E-state index contributed by atoms with van der Waals surface area (Å²) in [6.07, 6.45) is -9.26. The lowest BCUT2D eigenvalue weighted by molar-refractivity contribution is -0.187. The number of hydrogen-bond acceptors (Lipinski definition) is 1. The van der Waals surface area contributed by atoms with Gasteiger partial charge in [0.15, 0.2) is 11.6 Å². The average molecular weight is 599 g/mol. The minimum absolute atomic E-state index is 0.199. The van der Waals surface area contributed by atoms with Crippen LogP contribution < -0.4 is 4.74 Å². The van der Waals surface area contributed by atoms with E-state index in [9.17, 15) is 35.1 Å². The summed E-state index contributed by atoms with van der Waals surface area (Å²) in [5.41, 5.74) is -4.91. The van der Waals surface area contributed by atoms with E-state index in [-0.39, 0.29) is 17.2 Å². The molecule has 0 unspecified atom stereocenters. The van der Waals surface area contributed by atoms with Gasteiger partial charge in [0.05, 0.1) is 10.4 Å². The highest BCUT2D eigenvalue weighted by Crippen LogP contribution is 2.42. The van der Waals surface area contributed by atoms with Crippen molar-refractivity contribution in [2.75, 3.05) is 0 Å². The Morgan fingerprint density at radius 3 is 1.93 bits per heavy atom. The van der Waals surface area contributed by atoms with E-state index in [4.69, 9.17) is 11.6 Å². The van der Waals surface area contributed by atoms with Crippen LogP contribution >= 0.6 is 11.6 Å². The van der Waals surface area contributed by atoms with Gasteiger partial charge in [0.2, 0.25) is 0 Å². The van der Waals surface area contributed by atoms with Gasteiger partial charge < -0.3 is 4.74 Å². The number of halogens is 12. The normalized spacial score (nSPS) is 12.3. The van der Waals surface area contributed by atoms with Gasteiger partial charge in [0, 0.05) is 23.3 Å². The molecule has 0 saturated heterocycles. The van der Waals surface area contributed by atoms with Crippen LogP contribution in [0.25, 0.3) is 21.9 Å².